The van der Waals surface area contributed by atoms with E-state index >= 15 is 0 Å². The van der Waals surface area contributed by atoms with Crippen molar-refractivity contribution in [2.45, 2.75) is 20.0 Å². The summed E-state index contributed by atoms with van der Waals surface area (Å²) < 4.78 is 18.2. The highest BCUT2D eigenvalue weighted by Crippen LogP contribution is 2.22. The Labute approximate surface area is 110 Å². The maximum absolute atomic E-state index is 12.7. The number of rotatable bonds is 4. The van der Waals surface area contributed by atoms with Crippen molar-refractivity contribution in [3.05, 3.63) is 47.1 Å². The molecule has 1 heterocycles. The minimum atomic E-state index is -0.888. The average Bonchev–Trinajstić information content (AvgIpc) is 2.39. The van der Waals surface area contributed by atoms with Crippen LogP contribution in [0.1, 0.15) is 18.9 Å². The third-order valence-corrected chi connectivity index (χ3v) is 2.87. The highest BCUT2D eigenvalue weighted by atomic mass is 19.1. The van der Waals surface area contributed by atoms with Gasteiger partial charge < -0.3 is 9.84 Å². The normalized spacial score (nSPS) is 18.5. The van der Waals surface area contributed by atoms with Gasteiger partial charge in [0, 0.05) is 6.21 Å². The van der Waals surface area contributed by atoms with Crippen LogP contribution in [0.2, 0.25) is 0 Å². The van der Waals surface area contributed by atoms with E-state index in [1.54, 1.807) is 19.1 Å². The van der Waals surface area contributed by atoms with Gasteiger partial charge in [-0.2, -0.15) is 0 Å². The van der Waals surface area contributed by atoms with E-state index in [1.165, 1.54) is 18.3 Å². The molecule has 2 rings (SSSR count). The molecule has 0 bridgehead atoms. The number of halogens is 1. The lowest BCUT2D eigenvalue weighted by molar-refractivity contribution is -0.139. The Hall–Kier alpha value is -2.17. The minimum absolute atomic E-state index is 0.280. The van der Waals surface area contributed by atoms with Crippen LogP contribution < -0.4 is 0 Å². The Morgan fingerprint density at radius 1 is 1.47 bits per heavy atom. The molecule has 0 aliphatic carbocycles. The number of carboxylic acid groups (broad SMARTS) is 1. The molecule has 1 unspecified atom stereocenters. The molecule has 5 heteroatoms. The van der Waals surface area contributed by atoms with Gasteiger partial charge in [-0.05, 0) is 36.6 Å². The van der Waals surface area contributed by atoms with Gasteiger partial charge in [0.25, 0.3) is 0 Å². The maximum atomic E-state index is 12.7. The van der Waals surface area contributed by atoms with Crippen LogP contribution in [0.15, 0.2) is 40.7 Å². The van der Waals surface area contributed by atoms with Gasteiger partial charge in [0.05, 0.1) is 5.92 Å². The number of benzene rings is 1. The van der Waals surface area contributed by atoms with Crippen molar-refractivity contribution in [2.75, 3.05) is 0 Å². The molecule has 19 heavy (non-hydrogen) atoms. The van der Waals surface area contributed by atoms with Crippen LogP contribution in [0.4, 0.5) is 4.39 Å². The van der Waals surface area contributed by atoms with Crippen molar-refractivity contribution in [3.8, 4) is 0 Å². The molecule has 1 aromatic carbocycles. The van der Waals surface area contributed by atoms with Crippen LogP contribution in [0, 0.1) is 11.7 Å². The third-order valence-electron chi connectivity index (χ3n) is 2.87. The summed E-state index contributed by atoms with van der Waals surface area (Å²) in [5.74, 6) is -1.32. The molecule has 1 atom stereocenters. The van der Waals surface area contributed by atoms with Crippen molar-refractivity contribution in [1.29, 1.82) is 0 Å². The van der Waals surface area contributed by atoms with Crippen LogP contribution in [0.3, 0.4) is 0 Å². The summed E-state index contributed by atoms with van der Waals surface area (Å²) in [7, 11) is 0. The van der Waals surface area contributed by atoms with E-state index in [1.807, 2.05) is 0 Å². The molecule has 0 saturated heterocycles. The van der Waals surface area contributed by atoms with Crippen molar-refractivity contribution in [1.82, 2.24) is 0 Å². The first kappa shape index (κ1) is 13.3. The Morgan fingerprint density at radius 3 is 2.74 bits per heavy atom. The molecule has 0 aromatic heterocycles. The van der Waals surface area contributed by atoms with E-state index in [9.17, 15) is 9.18 Å². The number of hydrogen-bond acceptors (Lipinski definition) is 3. The largest absolute Gasteiger partial charge is 0.481 e. The molecule has 1 aromatic rings. The Kier molecular flexibility index (Phi) is 3.94. The highest BCUT2D eigenvalue weighted by Gasteiger charge is 2.21. The average molecular weight is 263 g/mol. The van der Waals surface area contributed by atoms with Gasteiger partial charge in [-0.3, -0.25) is 4.79 Å². The second-order valence-electron chi connectivity index (χ2n) is 4.43. The van der Waals surface area contributed by atoms with Crippen molar-refractivity contribution < 1.29 is 19.0 Å². The zero-order chi connectivity index (χ0) is 13.8. The monoisotopic (exact) mass is 263 g/mol. The lowest BCUT2D eigenvalue weighted by Gasteiger charge is -2.17. The summed E-state index contributed by atoms with van der Waals surface area (Å²) in [6.07, 6.45) is 1.78. The van der Waals surface area contributed by atoms with Crippen LogP contribution in [0.25, 0.3) is 0 Å². The standard InChI is InChI=1S/C14H14FNO3/c1-9-6-11(14(17)18)7-16-13(9)19-8-10-2-4-12(15)5-3-10/h2-5,7,11H,6,8H2,1H3,(H,17,18). The summed E-state index contributed by atoms with van der Waals surface area (Å²) in [6, 6.07) is 6.00. The summed E-state index contributed by atoms with van der Waals surface area (Å²) in [5.41, 5.74) is 1.63. The van der Waals surface area contributed by atoms with Gasteiger partial charge in [0.15, 0.2) is 0 Å². The van der Waals surface area contributed by atoms with E-state index in [4.69, 9.17) is 9.84 Å². The van der Waals surface area contributed by atoms with Gasteiger partial charge >= 0.3 is 5.97 Å². The number of nitrogens with zero attached hydrogens (tertiary/aromatic N) is 1. The summed E-state index contributed by atoms with van der Waals surface area (Å²) in [5, 5.41) is 8.89. The first-order valence-corrected chi connectivity index (χ1v) is 5.90. The second kappa shape index (κ2) is 5.65. The lowest BCUT2D eigenvalue weighted by atomic mass is 10.00. The number of aliphatic imine (C=N–C) groups is 1. The highest BCUT2D eigenvalue weighted by molar-refractivity contribution is 5.89. The van der Waals surface area contributed by atoms with E-state index < -0.39 is 11.9 Å². The molecule has 0 amide bonds. The molecule has 4 nitrogen and oxygen atoms in total. The fourth-order valence-corrected chi connectivity index (χ4v) is 1.78. The van der Waals surface area contributed by atoms with Crippen molar-refractivity contribution in [3.63, 3.8) is 0 Å². The predicted octanol–water partition coefficient (Wildman–Crippen LogP) is 2.75. The summed E-state index contributed by atoms with van der Waals surface area (Å²) in [6.45, 7) is 2.08. The molecule has 1 N–H and O–H groups in total. The van der Waals surface area contributed by atoms with Crippen LogP contribution in [-0.4, -0.2) is 17.3 Å². The topological polar surface area (TPSA) is 58.9 Å². The first-order valence-electron chi connectivity index (χ1n) is 5.90. The molecule has 1 aliphatic heterocycles. The van der Waals surface area contributed by atoms with Gasteiger partial charge in [-0.1, -0.05) is 12.1 Å². The summed E-state index contributed by atoms with van der Waals surface area (Å²) in [4.78, 5) is 14.9. The zero-order valence-electron chi connectivity index (χ0n) is 10.5. The Balaban J connectivity index is 1.97. The molecule has 1 aliphatic rings. The van der Waals surface area contributed by atoms with Crippen LogP contribution in [0.5, 0.6) is 0 Å². The number of aliphatic carboxylic acids is 1. The molecule has 0 radical (unpaired) electrons. The first-order chi connectivity index (χ1) is 9.06. The van der Waals surface area contributed by atoms with Gasteiger partial charge in [-0.15, -0.1) is 0 Å². The number of allylic oxidation sites excluding steroid dienone is 1. The van der Waals surface area contributed by atoms with Crippen LogP contribution in [-0.2, 0) is 16.1 Å². The molecule has 0 saturated carbocycles. The van der Waals surface area contributed by atoms with Gasteiger partial charge in [0.2, 0.25) is 5.88 Å². The van der Waals surface area contributed by atoms with E-state index in [0.717, 1.165) is 11.1 Å². The smallest absolute Gasteiger partial charge is 0.312 e. The number of ether oxygens (including phenoxy) is 1. The van der Waals surface area contributed by atoms with E-state index in [-0.39, 0.29) is 12.4 Å². The third kappa shape index (κ3) is 3.40. The van der Waals surface area contributed by atoms with Crippen molar-refractivity contribution >= 4 is 12.2 Å². The summed E-state index contributed by atoms with van der Waals surface area (Å²) >= 11 is 0. The molecular weight excluding hydrogens is 249 g/mol. The van der Waals surface area contributed by atoms with Crippen molar-refractivity contribution in [2.24, 2.45) is 10.9 Å². The van der Waals surface area contributed by atoms with Gasteiger partial charge in [-0.25, -0.2) is 9.38 Å². The fourth-order valence-electron chi connectivity index (χ4n) is 1.78. The van der Waals surface area contributed by atoms with Gasteiger partial charge in [0.1, 0.15) is 12.4 Å². The number of carboxylic acids is 1. The molecule has 0 spiro atoms. The number of carbonyl (C=O) groups is 1. The number of hydrogen-bond donors (Lipinski definition) is 1. The second-order valence-corrected chi connectivity index (χ2v) is 4.43. The minimum Gasteiger partial charge on any atom is -0.481 e. The van der Waals surface area contributed by atoms with E-state index in [2.05, 4.69) is 4.99 Å². The quantitative estimate of drug-likeness (QED) is 0.908. The zero-order valence-corrected chi connectivity index (χ0v) is 10.5. The predicted molar refractivity (Wildman–Crippen MR) is 68.1 cm³/mol. The fraction of sp³-hybridized carbons (Fsp3) is 0.286. The Morgan fingerprint density at radius 2 is 2.16 bits per heavy atom. The molecular formula is C14H14FNO3. The molecule has 0 fully saturated rings. The Bertz CT molecular complexity index is 534. The SMILES string of the molecule is CC1=C(OCc2ccc(F)cc2)N=CC(C(=O)O)C1. The lowest BCUT2D eigenvalue weighted by Crippen LogP contribution is -2.19. The maximum Gasteiger partial charge on any atom is 0.312 e. The molecule has 100 valence electrons. The van der Waals surface area contributed by atoms with E-state index in [0.29, 0.717) is 12.3 Å². The van der Waals surface area contributed by atoms with Crippen LogP contribution >= 0.6 is 0 Å².